The van der Waals surface area contributed by atoms with E-state index in [0.29, 0.717) is 6.54 Å². The second-order valence-electron chi connectivity index (χ2n) is 4.64. The minimum absolute atomic E-state index is 0.0262. The maximum Gasteiger partial charge on any atom is 0.387 e. The summed E-state index contributed by atoms with van der Waals surface area (Å²) in [6.45, 7) is -0.135. The average Bonchev–Trinajstić information content (AvgIpc) is 2.45. The first-order chi connectivity index (χ1) is 10.1. The molecule has 0 heterocycles. The summed E-state index contributed by atoms with van der Waals surface area (Å²) in [5, 5.41) is 3.36. The van der Waals surface area contributed by atoms with Gasteiger partial charge in [0, 0.05) is 17.1 Å². The zero-order valence-electron chi connectivity index (χ0n) is 11.5. The number of benzene rings is 2. The zero-order chi connectivity index (χ0) is 15.2. The molecule has 0 radical (unpaired) electrons. The molecule has 5 heteroatoms. The van der Waals surface area contributed by atoms with E-state index in [1.165, 1.54) is 6.07 Å². The molecule has 0 aromatic heterocycles. The monoisotopic (exact) mass is 355 g/mol. The highest BCUT2D eigenvalue weighted by molar-refractivity contribution is 9.10. The first-order valence-corrected chi connectivity index (χ1v) is 7.37. The van der Waals surface area contributed by atoms with Gasteiger partial charge in [-0.05, 0) is 36.2 Å². The normalized spacial score (nSPS) is 12.4. The molecule has 0 bridgehead atoms. The van der Waals surface area contributed by atoms with Crippen LogP contribution in [0, 0.1) is 0 Å². The number of hydrogen-bond donors (Lipinski definition) is 1. The van der Waals surface area contributed by atoms with Gasteiger partial charge in [-0.15, -0.1) is 0 Å². The summed E-state index contributed by atoms with van der Waals surface area (Å²) in [5.41, 5.74) is 2.05. The molecule has 1 N–H and O–H groups in total. The summed E-state index contributed by atoms with van der Waals surface area (Å²) in [6, 6.07) is 14.7. The van der Waals surface area contributed by atoms with Crippen LogP contribution in [0.5, 0.6) is 5.75 Å². The second kappa shape index (κ2) is 7.52. The van der Waals surface area contributed by atoms with Crippen molar-refractivity contribution in [3.63, 3.8) is 0 Å². The van der Waals surface area contributed by atoms with Crippen LogP contribution in [0.15, 0.2) is 53.0 Å². The lowest BCUT2D eigenvalue weighted by molar-refractivity contribution is -0.0499. The summed E-state index contributed by atoms with van der Waals surface area (Å²) in [5.74, 6) is 0.178. The van der Waals surface area contributed by atoms with E-state index in [-0.39, 0.29) is 11.8 Å². The van der Waals surface area contributed by atoms with Gasteiger partial charge in [0.2, 0.25) is 0 Å². The first kappa shape index (κ1) is 15.9. The molecule has 112 valence electrons. The van der Waals surface area contributed by atoms with Crippen LogP contribution in [-0.2, 0) is 6.54 Å². The van der Waals surface area contributed by atoms with E-state index in [4.69, 9.17) is 0 Å². The fourth-order valence-corrected chi connectivity index (χ4v) is 2.41. The Labute approximate surface area is 131 Å². The van der Waals surface area contributed by atoms with Crippen LogP contribution in [0.1, 0.15) is 24.1 Å². The molecule has 21 heavy (non-hydrogen) atoms. The van der Waals surface area contributed by atoms with Gasteiger partial charge in [-0.1, -0.05) is 46.3 Å². The molecule has 0 saturated heterocycles. The van der Waals surface area contributed by atoms with E-state index in [2.05, 4.69) is 26.0 Å². The van der Waals surface area contributed by atoms with Crippen molar-refractivity contribution in [3.8, 4) is 5.75 Å². The van der Waals surface area contributed by atoms with Crippen molar-refractivity contribution >= 4 is 15.9 Å². The van der Waals surface area contributed by atoms with Crippen LogP contribution in [0.2, 0.25) is 0 Å². The summed E-state index contributed by atoms with van der Waals surface area (Å²) in [6.07, 6.45) is 0. The van der Waals surface area contributed by atoms with E-state index in [0.717, 1.165) is 15.6 Å². The van der Waals surface area contributed by atoms with Gasteiger partial charge < -0.3 is 10.1 Å². The van der Waals surface area contributed by atoms with E-state index in [1.807, 2.05) is 37.3 Å². The fourth-order valence-electron chi connectivity index (χ4n) is 1.98. The topological polar surface area (TPSA) is 21.3 Å². The average molecular weight is 356 g/mol. The van der Waals surface area contributed by atoms with Gasteiger partial charge in [0.25, 0.3) is 0 Å². The van der Waals surface area contributed by atoms with Crippen molar-refractivity contribution in [1.29, 1.82) is 0 Å². The number of hydrogen-bond acceptors (Lipinski definition) is 2. The van der Waals surface area contributed by atoms with Crippen molar-refractivity contribution in [2.24, 2.45) is 0 Å². The highest BCUT2D eigenvalue weighted by Gasteiger charge is 2.09. The van der Waals surface area contributed by atoms with Gasteiger partial charge in [0.15, 0.2) is 0 Å². The molecule has 2 nitrogen and oxygen atoms in total. The molecular formula is C16H16BrF2NO. The van der Waals surface area contributed by atoms with Crippen molar-refractivity contribution in [2.45, 2.75) is 26.1 Å². The fraction of sp³-hybridized carbons (Fsp3) is 0.250. The van der Waals surface area contributed by atoms with Gasteiger partial charge in [-0.3, -0.25) is 0 Å². The zero-order valence-corrected chi connectivity index (χ0v) is 13.1. The van der Waals surface area contributed by atoms with Crippen molar-refractivity contribution < 1.29 is 13.5 Å². The summed E-state index contributed by atoms with van der Waals surface area (Å²) in [4.78, 5) is 0. The number of nitrogens with one attached hydrogen (secondary N) is 1. The van der Waals surface area contributed by atoms with Crippen LogP contribution in [0.4, 0.5) is 8.78 Å². The lowest BCUT2D eigenvalue weighted by atomic mass is 10.1. The quantitative estimate of drug-likeness (QED) is 0.795. The van der Waals surface area contributed by atoms with Gasteiger partial charge in [0.1, 0.15) is 5.75 Å². The lowest BCUT2D eigenvalue weighted by Gasteiger charge is -2.16. The Morgan fingerprint density at radius 1 is 1.14 bits per heavy atom. The third-order valence-corrected chi connectivity index (χ3v) is 3.91. The Kier molecular flexibility index (Phi) is 5.70. The van der Waals surface area contributed by atoms with Gasteiger partial charge in [-0.25, -0.2) is 0 Å². The van der Waals surface area contributed by atoms with Crippen LogP contribution >= 0.6 is 15.9 Å². The van der Waals surface area contributed by atoms with Crippen molar-refractivity contribution in [2.75, 3.05) is 0 Å². The predicted octanol–water partition coefficient (Wildman–Crippen LogP) is 4.90. The molecule has 0 aliphatic heterocycles. The molecule has 2 rings (SSSR count). The van der Waals surface area contributed by atoms with Gasteiger partial charge in [0.05, 0.1) is 0 Å². The van der Waals surface area contributed by atoms with Gasteiger partial charge >= 0.3 is 6.61 Å². The highest BCUT2D eigenvalue weighted by atomic mass is 79.9. The molecule has 0 amide bonds. The predicted molar refractivity (Wildman–Crippen MR) is 82.5 cm³/mol. The second-order valence-corrected chi connectivity index (χ2v) is 5.50. The Balaban J connectivity index is 2.00. The van der Waals surface area contributed by atoms with Crippen LogP contribution in [-0.4, -0.2) is 6.61 Å². The number of ether oxygens (including phenoxy) is 1. The molecule has 0 aliphatic rings. The Hall–Kier alpha value is -1.46. The Bertz CT molecular complexity index is 592. The number of alkyl halides is 2. The molecule has 0 fully saturated rings. The minimum atomic E-state index is -2.80. The standard InChI is InChI=1S/C16H16BrF2NO/c1-11(20-10-13-5-2-3-8-15(13)17)12-6-4-7-14(9-12)21-16(18)19/h2-9,11,16,20H,10H2,1H3. The van der Waals surface area contributed by atoms with Crippen molar-refractivity contribution in [3.05, 3.63) is 64.1 Å². The Morgan fingerprint density at radius 3 is 2.62 bits per heavy atom. The molecular weight excluding hydrogens is 340 g/mol. The van der Waals surface area contributed by atoms with E-state index in [9.17, 15) is 8.78 Å². The summed E-state index contributed by atoms with van der Waals surface area (Å²) >= 11 is 3.50. The van der Waals surface area contributed by atoms with E-state index >= 15 is 0 Å². The molecule has 0 saturated carbocycles. The van der Waals surface area contributed by atoms with E-state index in [1.54, 1.807) is 12.1 Å². The molecule has 1 unspecified atom stereocenters. The SMILES string of the molecule is CC(NCc1ccccc1Br)c1cccc(OC(F)F)c1. The number of halogens is 3. The maximum atomic E-state index is 12.2. The third-order valence-electron chi connectivity index (χ3n) is 3.14. The molecule has 2 aromatic rings. The number of rotatable bonds is 6. The first-order valence-electron chi connectivity index (χ1n) is 6.58. The summed E-state index contributed by atoms with van der Waals surface area (Å²) in [7, 11) is 0. The van der Waals surface area contributed by atoms with Crippen molar-refractivity contribution in [1.82, 2.24) is 5.32 Å². The van der Waals surface area contributed by atoms with Crippen LogP contribution in [0.25, 0.3) is 0 Å². The third kappa shape index (κ3) is 4.79. The maximum absolute atomic E-state index is 12.2. The Morgan fingerprint density at radius 2 is 1.90 bits per heavy atom. The molecule has 2 aromatic carbocycles. The summed E-state index contributed by atoms with van der Waals surface area (Å²) < 4.78 is 29.9. The van der Waals surface area contributed by atoms with Crippen LogP contribution < -0.4 is 10.1 Å². The lowest BCUT2D eigenvalue weighted by Crippen LogP contribution is -2.18. The molecule has 1 atom stereocenters. The van der Waals surface area contributed by atoms with Gasteiger partial charge in [-0.2, -0.15) is 8.78 Å². The van der Waals surface area contributed by atoms with Crippen LogP contribution in [0.3, 0.4) is 0 Å². The minimum Gasteiger partial charge on any atom is -0.435 e. The van der Waals surface area contributed by atoms with E-state index < -0.39 is 6.61 Å². The molecule has 0 aliphatic carbocycles. The largest absolute Gasteiger partial charge is 0.435 e. The molecule has 0 spiro atoms. The highest BCUT2D eigenvalue weighted by Crippen LogP contribution is 2.22. The smallest absolute Gasteiger partial charge is 0.387 e.